The number of rotatable bonds is 4. The molecule has 2 aromatic rings. The molecule has 0 fully saturated rings. The largest absolute Gasteiger partial charge is 0.303 e. The minimum absolute atomic E-state index is 0.764. The van der Waals surface area contributed by atoms with Crippen molar-refractivity contribution in [1.82, 2.24) is 9.55 Å². The monoisotopic (exact) mass is 312 g/mol. The molecule has 0 atom stereocenters. The van der Waals surface area contributed by atoms with E-state index in [1.165, 1.54) is 5.56 Å². The summed E-state index contributed by atoms with van der Waals surface area (Å²) in [5.74, 6) is 1.09. The van der Waals surface area contributed by atoms with Gasteiger partial charge in [0.2, 0.25) is 0 Å². The lowest BCUT2D eigenvalue weighted by molar-refractivity contribution is 0.807. The van der Waals surface area contributed by atoms with Crippen molar-refractivity contribution in [3.63, 3.8) is 0 Å². The van der Waals surface area contributed by atoms with Crippen molar-refractivity contribution in [1.29, 1.82) is 0 Å². The Labute approximate surface area is 115 Å². The highest BCUT2D eigenvalue weighted by Crippen LogP contribution is 2.23. The third-order valence-electron chi connectivity index (χ3n) is 2.64. The van der Waals surface area contributed by atoms with Gasteiger partial charge in [0.1, 0.15) is 5.82 Å². The molecule has 0 unspecified atom stereocenters. The molecule has 4 heteroatoms. The van der Waals surface area contributed by atoms with Crippen molar-refractivity contribution < 1.29 is 0 Å². The fourth-order valence-electron chi connectivity index (χ4n) is 1.86. The molecule has 1 aromatic heterocycles. The van der Waals surface area contributed by atoms with E-state index in [1.807, 2.05) is 30.6 Å². The summed E-state index contributed by atoms with van der Waals surface area (Å²) in [5.41, 5.74) is 2.32. The van der Waals surface area contributed by atoms with Crippen molar-refractivity contribution in [3.05, 3.63) is 47.0 Å². The zero-order chi connectivity index (χ0) is 12.3. The van der Waals surface area contributed by atoms with Crippen LogP contribution >= 0.6 is 27.5 Å². The summed E-state index contributed by atoms with van der Waals surface area (Å²) in [6.45, 7) is 2.16. The number of hydrogen-bond acceptors (Lipinski definition) is 1. The number of hydrogen-bond donors (Lipinski definition) is 0. The van der Waals surface area contributed by atoms with E-state index >= 15 is 0 Å². The van der Waals surface area contributed by atoms with Crippen LogP contribution < -0.4 is 0 Å². The minimum Gasteiger partial charge on any atom is -0.303 e. The second-order valence-electron chi connectivity index (χ2n) is 3.87. The fraction of sp³-hybridized carbons (Fsp3) is 0.308. The van der Waals surface area contributed by atoms with Gasteiger partial charge in [0.25, 0.3) is 0 Å². The van der Waals surface area contributed by atoms with Crippen LogP contribution in [0.1, 0.15) is 24.7 Å². The van der Waals surface area contributed by atoms with Crippen molar-refractivity contribution in [3.8, 4) is 5.69 Å². The summed E-state index contributed by atoms with van der Waals surface area (Å²) >= 11 is 9.51. The van der Waals surface area contributed by atoms with Crippen LogP contribution in [0.3, 0.4) is 0 Å². The molecule has 17 heavy (non-hydrogen) atoms. The van der Waals surface area contributed by atoms with Gasteiger partial charge in [-0.05, 0) is 30.2 Å². The molecule has 0 aliphatic heterocycles. The Bertz CT molecular complexity index is 508. The van der Waals surface area contributed by atoms with Crippen molar-refractivity contribution in [2.45, 2.75) is 25.1 Å². The molecule has 90 valence electrons. The first-order valence-electron chi connectivity index (χ1n) is 5.63. The van der Waals surface area contributed by atoms with E-state index in [0.717, 1.165) is 34.7 Å². The molecule has 1 heterocycles. The maximum atomic E-state index is 6.01. The zero-order valence-electron chi connectivity index (χ0n) is 9.66. The molecule has 2 nitrogen and oxygen atoms in total. The van der Waals surface area contributed by atoms with Crippen LogP contribution in [0.5, 0.6) is 0 Å². The van der Waals surface area contributed by atoms with E-state index < -0.39 is 0 Å². The average molecular weight is 314 g/mol. The van der Waals surface area contributed by atoms with E-state index in [9.17, 15) is 0 Å². The molecule has 0 aliphatic rings. The summed E-state index contributed by atoms with van der Waals surface area (Å²) in [4.78, 5) is 4.39. The normalized spacial score (nSPS) is 10.8. The Hall–Kier alpha value is -0.800. The molecule has 0 aliphatic carbocycles. The van der Waals surface area contributed by atoms with Gasteiger partial charge in [-0.1, -0.05) is 34.5 Å². The highest BCUT2D eigenvalue weighted by Gasteiger charge is 2.08. The van der Waals surface area contributed by atoms with Gasteiger partial charge in [-0.25, -0.2) is 4.98 Å². The van der Waals surface area contributed by atoms with E-state index in [0.29, 0.717) is 0 Å². The van der Waals surface area contributed by atoms with Gasteiger partial charge in [0.15, 0.2) is 0 Å². The second-order valence-corrected chi connectivity index (χ2v) is 4.87. The highest BCUT2D eigenvalue weighted by atomic mass is 79.9. The molecule has 0 bridgehead atoms. The number of nitrogens with zero attached hydrogens (tertiary/aromatic N) is 2. The van der Waals surface area contributed by atoms with Gasteiger partial charge < -0.3 is 4.57 Å². The molecule has 0 amide bonds. The third kappa shape index (κ3) is 2.72. The van der Waals surface area contributed by atoms with E-state index in [-0.39, 0.29) is 0 Å². The van der Waals surface area contributed by atoms with Crippen LogP contribution in [-0.2, 0) is 11.8 Å². The lowest BCUT2D eigenvalue weighted by Crippen LogP contribution is -2.02. The van der Waals surface area contributed by atoms with Gasteiger partial charge in [-0.3, -0.25) is 0 Å². The highest BCUT2D eigenvalue weighted by molar-refractivity contribution is 9.08. The molecular formula is C13H14BrClN2. The third-order valence-corrected chi connectivity index (χ3v) is 3.48. The predicted octanol–water partition coefficient (Wildman–Crippen LogP) is 4.37. The molecule has 0 radical (unpaired) electrons. The first-order chi connectivity index (χ1) is 8.26. The second kappa shape index (κ2) is 5.69. The maximum Gasteiger partial charge on any atom is 0.113 e. The first kappa shape index (κ1) is 12.7. The van der Waals surface area contributed by atoms with E-state index in [1.54, 1.807) is 0 Å². The van der Waals surface area contributed by atoms with Crippen LogP contribution in [-0.4, -0.2) is 9.55 Å². The quantitative estimate of drug-likeness (QED) is 0.766. The van der Waals surface area contributed by atoms with Gasteiger partial charge >= 0.3 is 0 Å². The number of aromatic nitrogens is 2. The SMILES string of the molecule is CCCc1nccn1-c1ccc(Cl)cc1CBr. The summed E-state index contributed by atoms with van der Waals surface area (Å²) in [6, 6.07) is 5.94. The molecule has 1 aromatic carbocycles. The fourth-order valence-corrected chi connectivity index (χ4v) is 2.50. The standard InChI is InChI=1S/C13H14BrClN2/c1-2-3-13-16-6-7-17(13)12-5-4-11(15)8-10(12)9-14/h4-8H,2-3,9H2,1H3. The molecule has 0 N–H and O–H groups in total. The Morgan fingerprint density at radius 3 is 2.94 bits per heavy atom. The summed E-state index contributed by atoms with van der Waals surface area (Å²) in [5, 5.41) is 1.55. The Morgan fingerprint density at radius 1 is 1.41 bits per heavy atom. The van der Waals surface area contributed by atoms with Crippen LogP contribution in [0.15, 0.2) is 30.6 Å². The van der Waals surface area contributed by atoms with Gasteiger partial charge in [-0.15, -0.1) is 0 Å². The zero-order valence-corrected chi connectivity index (χ0v) is 12.0. The van der Waals surface area contributed by atoms with Gasteiger partial charge in [-0.2, -0.15) is 0 Å². The molecule has 2 rings (SSSR count). The number of halogens is 2. The Kier molecular flexibility index (Phi) is 4.24. The first-order valence-corrected chi connectivity index (χ1v) is 7.13. The summed E-state index contributed by atoms with van der Waals surface area (Å²) < 4.78 is 2.14. The van der Waals surface area contributed by atoms with Crippen molar-refractivity contribution in [2.75, 3.05) is 0 Å². The number of imidazole rings is 1. The topological polar surface area (TPSA) is 17.8 Å². The lowest BCUT2D eigenvalue weighted by Gasteiger charge is -2.11. The minimum atomic E-state index is 0.764. The van der Waals surface area contributed by atoms with Crippen molar-refractivity contribution >= 4 is 27.5 Å². The van der Waals surface area contributed by atoms with Crippen molar-refractivity contribution in [2.24, 2.45) is 0 Å². The van der Waals surface area contributed by atoms with E-state index in [4.69, 9.17) is 11.6 Å². The van der Waals surface area contributed by atoms with Crippen LogP contribution in [0, 0.1) is 0 Å². The van der Waals surface area contributed by atoms with Crippen LogP contribution in [0.4, 0.5) is 0 Å². The lowest BCUT2D eigenvalue weighted by atomic mass is 10.2. The van der Waals surface area contributed by atoms with Gasteiger partial charge in [0.05, 0.1) is 5.69 Å². The Morgan fingerprint density at radius 2 is 2.24 bits per heavy atom. The number of alkyl halides is 1. The average Bonchev–Trinajstić information content (AvgIpc) is 2.77. The van der Waals surface area contributed by atoms with Gasteiger partial charge in [0, 0.05) is 29.2 Å². The summed E-state index contributed by atoms with van der Waals surface area (Å²) in [7, 11) is 0. The maximum absolute atomic E-state index is 6.01. The smallest absolute Gasteiger partial charge is 0.113 e. The van der Waals surface area contributed by atoms with Crippen LogP contribution in [0.2, 0.25) is 5.02 Å². The number of aryl methyl sites for hydroxylation is 1. The predicted molar refractivity (Wildman–Crippen MR) is 75.2 cm³/mol. The summed E-state index contributed by atoms with van der Waals surface area (Å²) in [6.07, 6.45) is 5.92. The Balaban J connectivity index is 2.48. The molecule has 0 saturated carbocycles. The number of benzene rings is 1. The molecular weight excluding hydrogens is 300 g/mol. The molecule has 0 spiro atoms. The molecule has 0 saturated heterocycles. The van der Waals surface area contributed by atoms with E-state index in [2.05, 4.69) is 32.4 Å². The van der Waals surface area contributed by atoms with Crippen LogP contribution in [0.25, 0.3) is 5.69 Å².